The van der Waals surface area contributed by atoms with Gasteiger partial charge in [-0.15, -0.1) is 12.6 Å². The summed E-state index contributed by atoms with van der Waals surface area (Å²) in [5.74, 6) is 0. The second kappa shape index (κ2) is 5.98. The molecule has 0 aromatic heterocycles. The number of hydrogen-bond acceptors (Lipinski definition) is 1. The van der Waals surface area contributed by atoms with E-state index in [9.17, 15) is 4.79 Å². The van der Waals surface area contributed by atoms with Gasteiger partial charge in [-0.2, -0.15) is 0 Å². The van der Waals surface area contributed by atoms with E-state index in [0.29, 0.717) is 0 Å². The lowest BCUT2D eigenvalue weighted by molar-refractivity contribution is -0.110. The average molecular weight is 173 g/mol. The van der Waals surface area contributed by atoms with Gasteiger partial charge in [-0.05, 0) is 6.42 Å². The molecule has 0 N–H and O–H groups in total. The first-order valence-corrected chi connectivity index (χ1v) is 4.65. The van der Waals surface area contributed by atoms with Gasteiger partial charge in [0.1, 0.15) is 0 Å². The van der Waals surface area contributed by atoms with Gasteiger partial charge in [-0.3, -0.25) is 4.79 Å². The summed E-state index contributed by atoms with van der Waals surface area (Å²) in [5, 5.41) is -0.0623. The van der Waals surface area contributed by atoms with Crippen LogP contribution in [0.25, 0.3) is 0 Å². The Morgan fingerprint density at radius 3 is 2.60 bits per heavy atom. The molecule has 0 saturated carbocycles. The van der Waals surface area contributed by atoms with Crippen molar-refractivity contribution < 1.29 is 4.79 Å². The number of hydrogen-bond donors (Lipinski definition) is 1. The molecular formula is C7H13OSSi. The lowest BCUT2D eigenvalue weighted by Crippen LogP contribution is -2.00. The van der Waals surface area contributed by atoms with Gasteiger partial charge in [0.05, 0.1) is 0 Å². The third kappa shape index (κ3) is 5.06. The molecule has 1 nitrogen and oxygen atoms in total. The van der Waals surface area contributed by atoms with Gasteiger partial charge in [0.2, 0.25) is 0 Å². The number of carbonyl (C=O) groups is 1. The zero-order valence-corrected chi connectivity index (χ0v) is 8.16. The van der Waals surface area contributed by atoms with E-state index in [2.05, 4.69) is 29.8 Å². The van der Waals surface area contributed by atoms with Crippen LogP contribution in [0.1, 0.15) is 32.6 Å². The first kappa shape index (κ1) is 10.2. The van der Waals surface area contributed by atoms with Crippen LogP contribution < -0.4 is 0 Å². The van der Waals surface area contributed by atoms with Gasteiger partial charge < -0.3 is 0 Å². The fourth-order valence-electron chi connectivity index (χ4n) is 0.722. The van der Waals surface area contributed by atoms with Gasteiger partial charge >= 0.3 is 0 Å². The molecule has 1 atom stereocenters. The Kier molecular flexibility index (Phi) is 6.12. The summed E-state index contributed by atoms with van der Waals surface area (Å²) in [6, 6.07) is 0. The smallest absolute Gasteiger partial charge is 0.185 e. The van der Waals surface area contributed by atoms with Crippen LogP contribution in [0.15, 0.2) is 0 Å². The zero-order chi connectivity index (χ0) is 7.98. The molecule has 0 heterocycles. The molecule has 57 valence electrons. The van der Waals surface area contributed by atoms with Gasteiger partial charge in [0.25, 0.3) is 0 Å². The fourth-order valence-corrected chi connectivity index (χ4v) is 1.06. The maximum absolute atomic E-state index is 10.6. The van der Waals surface area contributed by atoms with Crippen molar-refractivity contribution in [3.63, 3.8) is 0 Å². The van der Waals surface area contributed by atoms with Crippen molar-refractivity contribution in [1.82, 2.24) is 0 Å². The van der Waals surface area contributed by atoms with Crippen LogP contribution in [0, 0.1) is 0 Å². The summed E-state index contributed by atoms with van der Waals surface area (Å²) in [6.45, 7) is 2.14. The number of thiol groups is 1. The summed E-state index contributed by atoms with van der Waals surface area (Å²) in [4.78, 5) is 10.6. The van der Waals surface area contributed by atoms with Crippen molar-refractivity contribution in [3.8, 4) is 0 Å². The minimum absolute atomic E-state index is 0.0464. The van der Waals surface area contributed by atoms with Gasteiger partial charge in [0.15, 0.2) is 5.12 Å². The molecule has 0 aliphatic carbocycles. The Morgan fingerprint density at radius 1 is 1.60 bits per heavy atom. The Bertz CT molecular complexity index is 106. The van der Waals surface area contributed by atoms with Crippen molar-refractivity contribution in [3.05, 3.63) is 0 Å². The fraction of sp³-hybridized carbons (Fsp3) is 0.857. The number of carbonyl (C=O) groups excluding carboxylic acids is 1. The molecule has 0 aromatic rings. The molecule has 0 saturated heterocycles. The Balaban J connectivity index is 3.21. The van der Waals surface area contributed by atoms with E-state index in [4.69, 9.17) is 0 Å². The van der Waals surface area contributed by atoms with Crippen molar-refractivity contribution >= 4 is 28.0 Å². The molecule has 0 spiro atoms. The maximum Gasteiger partial charge on any atom is 0.185 e. The van der Waals surface area contributed by atoms with Crippen LogP contribution >= 0.6 is 12.6 Å². The van der Waals surface area contributed by atoms with Gasteiger partial charge in [0, 0.05) is 15.8 Å². The summed E-state index contributed by atoms with van der Waals surface area (Å²) in [6.07, 6.45) is 4.41. The predicted molar refractivity (Wildman–Crippen MR) is 47.6 cm³/mol. The minimum Gasteiger partial charge on any atom is -0.288 e. The second-order valence-corrected chi connectivity index (χ2v) is 3.52. The molecule has 0 bridgehead atoms. The van der Waals surface area contributed by atoms with E-state index in [0.717, 1.165) is 12.8 Å². The topological polar surface area (TPSA) is 17.1 Å². The normalized spacial score (nSPS) is 13.1. The Hall–Kier alpha value is 0.237. The molecule has 0 fully saturated rings. The molecular weight excluding hydrogens is 160 g/mol. The van der Waals surface area contributed by atoms with Crippen LogP contribution in [0.3, 0.4) is 0 Å². The van der Waals surface area contributed by atoms with Crippen LogP contribution in [0.4, 0.5) is 0 Å². The van der Waals surface area contributed by atoms with Crippen molar-refractivity contribution in [2.24, 2.45) is 0 Å². The molecule has 3 radical (unpaired) electrons. The Morgan fingerprint density at radius 2 is 2.20 bits per heavy atom. The third-order valence-electron chi connectivity index (χ3n) is 1.39. The quantitative estimate of drug-likeness (QED) is 0.382. The molecule has 0 aliphatic heterocycles. The van der Waals surface area contributed by atoms with Crippen LogP contribution in [-0.4, -0.2) is 15.4 Å². The van der Waals surface area contributed by atoms with Crippen LogP contribution in [0.5, 0.6) is 0 Å². The largest absolute Gasteiger partial charge is 0.288 e. The van der Waals surface area contributed by atoms with E-state index in [1.807, 2.05) is 0 Å². The third-order valence-corrected chi connectivity index (χ3v) is 2.50. The van der Waals surface area contributed by atoms with E-state index in [1.54, 1.807) is 0 Å². The van der Waals surface area contributed by atoms with Gasteiger partial charge in [-0.1, -0.05) is 26.2 Å². The molecule has 0 aromatic carbocycles. The summed E-state index contributed by atoms with van der Waals surface area (Å²) < 4.78 is 0. The molecule has 10 heavy (non-hydrogen) atoms. The zero-order valence-electron chi connectivity index (χ0n) is 6.26. The summed E-state index contributed by atoms with van der Waals surface area (Å²) in [5.41, 5.74) is -0.0464. The molecule has 1 unspecified atom stereocenters. The molecule has 0 amide bonds. The first-order valence-electron chi connectivity index (χ1n) is 3.62. The molecule has 0 aliphatic rings. The number of unbranched alkanes of at least 4 members (excludes halogenated alkanes) is 2. The maximum atomic E-state index is 10.6. The molecule has 0 rings (SSSR count). The van der Waals surface area contributed by atoms with Crippen LogP contribution in [-0.2, 0) is 4.79 Å². The molecule has 3 heteroatoms. The predicted octanol–water partition coefficient (Wildman–Crippen LogP) is 1.98. The lowest BCUT2D eigenvalue weighted by atomic mass is 10.2. The van der Waals surface area contributed by atoms with Crippen LogP contribution in [0.2, 0.25) is 5.54 Å². The van der Waals surface area contributed by atoms with E-state index in [1.165, 1.54) is 12.8 Å². The average Bonchev–Trinajstić information content (AvgIpc) is 1.88. The van der Waals surface area contributed by atoms with E-state index < -0.39 is 0 Å². The second-order valence-electron chi connectivity index (χ2n) is 2.39. The van der Waals surface area contributed by atoms with Crippen molar-refractivity contribution in [1.29, 1.82) is 0 Å². The Labute approximate surface area is 71.4 Å². The van der Waals surface area contributed by atoms with Crippen molar-refractivity contribution in [2.75, 3.05) is 0 Å². The van der Waals surface area contributed by atoms with Gasteiger partial charge in [-0.25, -0.2) is 0 Å². The monoisotopic (exact) mass is 173 g/mol. The SMILES string of the molecule is CCCCCC([Si])C(=O)S. The highest BCUT2D eigenvalue weighted by Gasteiger charge is 2.06. The van der Waals surface area contributed by atoms with Crippen molar-refractivity contribution in [2.45, 2.75) is 38.1 Å². The van der Waals surface area contributed by atoms with E-state index >= 15 is 0 Å². The summed E-state index contributed by atoms with van der Waals surface area (Å²) in [7, 11) is 3.29. The highest BCUT2D eigenvalue weighted by Crippen LogP contribution is 2.13. The summed E-state index contributed by atoms with van der Waals surface area (Å²) >= 11 is 3.71. The highest BCUT2D eigenvalue weighted by molar-refractivity contribution is 7.96. The highest BCUT2D eigenvalue weighted by atomic mass is 32.1. The van der Waals surface area contributed by atoms with E-state index in [-0.39, 0.29) is 10.7 Å². The first-order chi connectivity index (χ1) is 4.68. The number of rotatable bonds is 5. The standard InChI is InChI=1S/C7H13OSSi/c1-2-3-4-5-6(10)7(8)9/h6H,2-5H2,1H3,(H,8,9). The lowest BCUT2D eigenvalue weighted by Gasteiger charge is -2.03. The minimum atomic E-state index is -0.0623.